The molecule has 0 aliphatic rings. The summed E-state index contributed by atoms with van der Waals surface area (Å²) < 4.78 is 19.2. The van der Waals surface area contributed by atoms with Crippen molar-refractivity contribution in [3.8, 4) is 5.75 Å². The molecule has 20 heavy (non-hydrogen) atoms. The van der Waals surface area contributed by atoms with E-state index in [2.05, 4.69) is 18.7 Å². The molecule has 1 rings (SSSR count). The quantitative estimate of drug-likeness (QED) is 0.832. The largest absolute Gasteiger partial charge is 0.497 e. The second kappa shape index (κ2) is 7.04. The molecule has 2 atom stereocenters. The molecule has 0 aliphatic carbocycles. The lowest BCUT2D eigenvalue weighted by atomic mass is 9.85. The van der Waals surface area contributed by atoms with Crippen LogP contribution in [0.25, 0.3) is 0 Å². The SMILES string of the molecule is CCN(CC)C(C)(CC)C(O)c1ccc(OC)cc1F. The maximum absolute atomic E-state index is 14.2. The van der Waals surface area contributed by atoms with Crippen molar-refractivity contribution in [3.05, 3.63) is 29.6 Å². The van der Waals surface area contributed by atoms with Gasteiger partial charge < -0.3 is 9.84 Å². The van der Waals surface area contributed by atoms with Gasteiger partial charge >= 0.3 is 0 Å². The van der Waals surface area contributed by atoms with Crippen LogP contribution in [0.5, 0.6) is 5.75 Å². The Labute approximate surface area is 121 Å². The summed E-state index contributed by atoms with van der Waals surface area (Å²) in [5.41, 5.74) is -0.166. The molecule has 0 fully saturated rings. The van der Waals surface area contributed by atoms with Crippen LogP contribution in [0.15, 0.2) is 18.2 Å². The molecule has 0 saturated heterocycles. The molecule has 0 spiro atoms. The van der Waals surface area contributed by atoms with E-state index in [4.69, 9.17) is 4.74 Å². The Morgan fingerprint density at radius 2 is 1.90 bits per heavy atom. The highest BCUT2D eigenvalue weighted by atomic mass is 19.1. The number of likely N-dealkylation sites (N-methyl/N-ethyl adjacent to an activating group) is 1. The van der Waals surface area contributed by atoms with Crippen LogP contribution in [0.4, 0.5) is 4.39 Å². The van der Waals surface area contributed by atoms with Crippen molar-refractivity contribution in [3.63, 3.8) is 0 Å². The number of hydrogen-bond donors (Lipinski definition) is 1. The Balaban J connectivity index is 3.16. The maximum atomic E-state index is 14.2. The van der Waals surface area contributed by atoms with Crippen molar-refractivity contribution in [1.82, 2.24) is 4.90 Å². The number of aliphatic hydroxyl groups is 1. The zero-order valence-corrected chi connectivity index (χ0v) is 13.1. The van der Waals surface area contributed by atoms with Crippen LogP contribution < -0.4 is 4.74 Å². The Morgan fingerprint density at radius 1 is 1.30 bits per heavy atom. The fraction of sp³-hybridized carbons (Fsp3) is 0.625. The molecule has 0 aromatic heterocycles. The second-order valence-electron chi connectivity index (χ2n) is 5.17. The van der Waals surface area contributed by atoms with Gasteiger partial charge in [0.2, 0.25) is 0 Å². The summed E-state index contributed by atoms with van der Waals surface area (Å²) in [6.45, 7) is 9.73. The average molecular weight is 283 g/mol. The summed E-state index contributed by atoms with van der Waals surface area (Å²) in [5.74, 6) is 0.0307. The van der Waals surface area contributed by atoms with Gasteiger partial charge in [0.25, 0.3) is 0 Å². The monoisotopic (exact) mass is 283 g/mol. The normalized spacial score (nSPS) is 16.0. The number of hydrogen-bond acceptors (Lipinski definition) is 3. The van der Waals surface area contributed by atoms with E-state index in [0.29, 0.717) is 11.3 Å². The highest BCUT2D eigenvalue weighted by molar-refractivity contribution is 5.31. The van der Waals surface area contributed by atoms with E-state index in [0.717, 1.165) is 19.5 Å². The van der Waals surface area contributed by atoms with E-state index in [-0.39, 0.29) is 0 Å². The molecule has 0 heterocycles. The minimum Gasteiger partial charge on any atom is -0.497 e. The van der Waals surface area contributed by atoms with Gasteiger partial charge in [0, 0.05) is 17.2 Å². The summed E-state index contributed by atoms with van der Waals surface area (Å²) in [6.07, 6.45) is -0.139. The smallest absolute Gasteiger partial charge is 0.132 e. The van der Waals surface area contributed by atoms with E-state index in [1.165, 1.54) is 13.2 Å². The third-order valence-electron chi connectivity index (χ3n) is 4.29. The predicted octanol–water partition coefficient (Wildman–Crippen LogP) is 3.38. The third kappa shape index (κ3) is 3.13. The molecule has 4 heteroatoms. The van der Waals surface area contributed by atoms with Crippen molar-refractivity contribution in [2.45, 2.75) is 45.8 Å². The van der Waals surface area contributed by atoms with Gasteiger partial charge in [-0.15, -0.1) is 0 Å². The molecule has 114 valence electrons. The molecule has 0 bridgehead atoms. The van der Waals surface area contributed by atoms with Gasteiger partial charge in [-0.05, 0) is 38.6 Å². The second-order valence-corrected chi connectivity index (χ2v) is 5.17. The first-order chi connectivity index (χ1) is 9.44. The van der Waals surface area contributed by atoms with Gasteiger partial charge in [-0.2, -0.15) is 0 Å². The predicted molar refractivity (Wildman–Crippen MR) is 79.5 cm³/mol. The summed E-state index contributed by atoms with van der Waals surface area (Å²) in [5, 5.41) is 10.7. The minimum absolute atomic E-state index is 0.321. The molecule has 0 radical (unpaired) electrons. The highest BCUT2D eigenvalue weighted by Crippen LogP contribution is 2.36. The number of nitrogens with zero attached hydrogens (tertiary/aromatic N) is 1. The number of methoxy groups -OCH3 is 1. The lowest BCUT2D eigenvalue weighted by Crippen LogP contribution is -2.50. The molecule has 1 aromatic rings. The lowest BCUT2D eigenvalue weighted by Gasteiger charge is -2.43. The summed E-state index contributed by atoms with van der Waals surface area (Å²) in [6, 6.07) is 4.60. The Morgan fingerprint density at radius 3 is 2.30 bits per heavy atom. The standard InChI is InChI=1S/C16H26FNO2/c1-6-16(4,18(7-2)8-3)15(19)13-10-9-12(20-5)11-14(13)17/h9-11,15,19H,6-8H2,1-5H3. The zero-order valence-electron chi connectivity index (χ0n) is 13.1. The van der Waals surface area contributed by atoms with Gasteiger partial charge in [0.05, 0.1) is 13.2 Å². The van der Waals surface area contributed by atoms with Gasteiger partial charge in [-0.25, -0.2) is 4.39 Å². The fourth-order valence-electron chi connectivity index (χ4n) is 2.73. The molecule has 3 nitrogen and oxygen atoms in total. The van der Waals surface area contributed by atoms with Gasteiger partial charge in [-0.1, -0.05) is 20.8 Å². The Bertz CT molecular complexity index is 434. The van der Waals surface area contributed by atoms with Crippen LogP contribution in [-0.2, 0) is 0 Å². The van der Waals surface area contributed by atoms with Crippen molar-refractivity contribution < 1.29 is 14.2 Å². The fourth-order valence-corrected chi connectivity index (χ4v) is 2.73. The van der Waals surface area contributed by atoms with Crippen molar-refractivity contribution in [2.24, 2.45) is 0 Å². The number of halogens is 1. The minimum atomic E-state index is -0.877. The van der Waals surface area contributed by atoms with Crippen LogP contribution in [0.1, 0.15) is 45.8 Å². The number of rotatable bonds is 7. The topological polar surface area (TPSA) is 32.7 Å². The van der Waals surface area contributed by atoms with E-state index >= 15 is 0 Å². The Kier molecular flexibility index (Phi) is 5.96. The van der Waals surface area contributed by atoms with E-state index < -0.39 is 17.5 Å². The van der Waals surface area contributed by atoms with E-state index in [1.54, 1.807) is 12.1 Å². The van der Waals surface area contributed by atoms with Gasteiger partial charge in [0.1, 0.15) is 11.6 Å². The molecular weight excluding hydrogens is 257 g/mol. The van der Waals surface area contributed by atoms with Gasteiger partial charge in [-0.3, -0.25) is 4.90 Å². The first-order valence-corrected chi connectivity index (χ1v) is 7.21. The van der Waals surface area contributed by atoms with Crippen molar-refractivity contribution in [2.75, 3.05) is 20.2 Å². The van der Waals surface area contributed by atoms with Crippen LogP contribution in [0, 0.1) is 5.82 Å². The van der Waals surface area contributed by atoms with Crippen molar-refractivity contribution in [1.29, 1.82) is 0 Å². The van der Waals surface area contributed by atoms with E-state index in [9.17, 15) is 9.50 Å². The molecular formula is C16H26FNO2. The molecule has 0 saturated carbocycles. The first-order valence-electron chi connectivity index (χ1n) is 7.21. The Hall–Kier alpha value is -1.13. The van der Waals surface area contributed by atoms with Crippen LogP contribution in [0.3, 0.4) is 0 Å². The van der Waals surface area contributed by atoms with Crippen LogP contribution >= 0.6 is 0 Å². The van der Waals surface area contributed by atoms with Crippen molar-refractivity contribution >= 4 is 0 Å². The number of benzene rings is 1. The number of aliphatic hydroxyl groups excluding tert-OH is 1. The lowest BCUT2D eigenvalue weighted by molar-refractivity contribution is -0.0231. The van der Waals surface area contributed by atoms with Crippen LogP contribution in [-0.4, -0.2) is 35.7 Å². The summed E-state index contributed by atoms with van der Waals surface area (Å²) in [4.78, 5) is 2.17. The molecule has 0 amide bonds. The first kappa shape index (κ1) is 16.9. The molecule has 2 unspecified atom stereocenters. The maximum Gasteiger partial charge on any atom is 0.132 e. The average Bonchev–Trinajstić information content (AvgIpc) is 2.47. The molecule has 1 aromatic carbocycles. The third-order valence-corrected chi connectivity index (χ3v) is 4.29. The van der Waals surface area contributed by atoms with Crippen LogP contribution in [0.2, 0.25) is 0 Å². The molecule has 1 N–H and O–H groups in total. The summed E-state index contributed by atoms with van der Waals surface area (Å²) >= 11 is 0. The van der Waals surface area contributed by atoms with E-state index in [1.807, 2.05) is 13.8 Å². The zero-order chi connectivity index (χ0) is 15.3. The van der Waals surface area contributed by atoms with Gasteiger partial charge in [0.15, 0.2) is 0 Å². The number of ether oxygens (including phenoxy) is 1. The summed E-state index contributed by atoms with van der Waals surface area (Å²) in [7, 11) is 1.50. The highest BCUT2D eigenvalue weighted by Gasteiger charge is 2.38. The molecule has 0 aliphatic heterocycles.